The minimum absolute atomic E-state index is 0. The van der Waals surface area contributed by atoms with E-state index < -0.39 is 21.2 Å². The van der Waals surface area contributed by atoms with Gasteiger partial charge in [0.2, 0.25) is 0 Å². The van der Waals surface area contributed by atoms with Crippen molar-refractivity contribution >= 4 is 15.9 Å². The number of rotatable bonds is 1. The van der Waals surface area contributed by atoms with Gasteiger partial charge in [-0.15, -0.1) is 0 Å². The smallest absolute Gasteiger partial charge is 0.747 e. The first kappa shape index (κ1) is 14.2. The summed E-state index contributed by atoms with van der Waals surface area (Å²) in [7, 11) is -4.40. The zero-order chi connectivity index (χ0) is 9.19. The van der Waals surface area contributed by atoms with Crippen LogP contribution in [-0.2, 0) is 14.9 Å². The van der Waals surface area contributed by atoms with Crippen molar-refractivity contribution in [2.45, 2.75) is 37.4 Å². The molecule has 0 aromatic heterocycles. The van der Waals surface area contributed by atoms with Gasteiger partial charge in [0.1, 0.15) is 21.2 Å². The maximum Gasteiger partial charge on any atom is 1.00 e. The Morgan fingerprint density at radius 2 is 1.85 bits per heavy atom. The molecule has 0 aromatic rings. The van der Waals surface area contributed by atoms with E-state index in [9.17, 15) is 17.8 Å². The molecular formula is C7H11KO4S. The monoisotopic (exact) mass is 230 g/mol. The van der Waals surface area contributed by atoms with Crippen LogP contribution in [0.5, 0.6) is 0 Å². The minimum atomic E-state index is -4.40. The predicted octanol–water partition coefficient (Wildman–Crippen LogP) is -2.56. The Morgan fingerprint density at radius 1 is 1.23 bits per heavy atom. The molecule has 4 nitrogen and oxygen atoms in total. The third-order valence-electron chi connectivity index (χ3n) is 2.10. The quantitative estimate of drug-likeness (QED) is 0.282. The van der Waals surface area contributed by atoms with Crippen molar-refractivity contribution in [2.24, 2.45) is 0 Å². The van der Waals surface area contributed by atoms with Gasteiger partial charge in [0.25, 0.3) is 0 Å². The van der Waals surface area contributed by atoms with Gasteiger partial charge in [-0.1, -0.05) is 12.8 Å². The summed E-state index contributed by atoms with van der Waals surface area (Å²) >= 11 is 0. The fraction of sp³-hybridized carbons (Fsp3) is 0.857. The topological polar surface area (TPSA) is 74.3 Å². The number of carbonyl (C=O) groups excluding carboxylic acids is 1. The summed E-state index contributed by atoms with van der Waals surface area (Å²) in [6.07, 6.45) is 2.68. The molecule has 0 spiro atoms. The molecule has 1 fully saturated rings. The Hall–Kier alpha value is 1.22. The second-order valence-electron chi connectivity index (χ2n) is 3.05. The molecule has 1 aliphatic rings. The minimum Gasteiger partial charge on any atom is -0.747 e. The molecule has 70 valence electrons. The molecule has 1 saturated carbocycles. The van der Waals surface area contributed by atoms with E-state index in [1.807, 2.05) is 0 Å². The molecule has 1 rings (SSSR count). The molecule has 0 aliphatic heterocycles. The van der Waals surface area contributed by atoms with Crippen LogP contribution in [0.4, 0.5) is 0 Å². The summed E-state index contributed by atoms with van der Waals surface area (Å²) in [6.45, 7) is 0. The zero-order valence-corrected chi connectivity index (χ0v) is 11.6. The third-order valence-corrected chi connectivity index (χ3v) is 3.29. The van der Waals surface area contributed by atoms with E-state index in [4.69, 9.17) is 0 Å². The fourth-order valence-corrected chi connectivity index (χ4v) is 2.33. The Morgan fingerprint density at radius 3 is 2.38 bits per heavy atom. The first-order valence-corrected chi connectivity index (χ1v) is 5.46. The number of hydrogen-bond donors (Lipinski definition) is 0. The number of Topliss-reactive ketones (excluding diaryl/α,β-unsaturated/α-hetero) is 1. The molecule has 1 atom stereocenters. The van der Waals surface area contributed by atoms with Crippen LogP contribution in [-0.4, -0.2) is 24.0 Å². The molecule has 0 saturated heterocycles. The van der Waals surface area contributed by atoms with Crippen LogP contribution in [0.15, 0.2) is 0 Å². The fourth-order valence-electron chi connectivity index (χ4n) is 1.43. The standard InChI is InChI=1S/C7H12O4S.K/c8-6-4-2-1-3-5-7(6)12(9,10)11;/h7H,1-5H2,(H,9,10,11);/q;+1/p-1. The van der Waals surface area contributed by atoms with Crippen molar-refractivity contribution in [1.82, 2.24) is 0 Å². The average Bonchev–Trinajstić information content (AvgIpc) is 2.11. The molecule has 1 aliphatic carbocycles. The van der Waals surface area contributed by atoms with Crippen molar-refractivity contribution in [3.8, 4) is 0 Å². The van der Waals surface area contributed by atoms with Crippen molar-refractivity contribution in [3.05, 3.63) is 0 Å². The largest absolute Gasteiger partial charge is 1.00 e. The molecule has 1 unspecified atom stereocenters. The molecule has 0 bridgehead atoms. The van der Waals surface area contributed by atoms with Gasteiger partial charge in [-0.05, 0) is 12.8 Å². The molecule has 0 aromatic carbocycles. The van der Waals surface area contributed by atoms with E-state index in [2.05, 4.69) is 0 Å². The van der Waals surface area contributed by atoms with Gasteiger partial charge in [0.05, 0.1) is 0 Å². The average molecular weight is 230 g/mol. The van der Waals surface area contributed by atoms with Crippen LogP contribution in [0.1, 0.15) is 32.1 Å². The predicted molar refractivity (Wildman–Crippen MR) is 41.6 cm³/mol. The van der Waals surface area contributed by atoms with Crippen molar-refractivity contribution in [2.75, 3.05) is 0 Å². The van der Waals surface area contributed by atoms with E-state index in [0.29, 0.717) is 12.8 Å². The van der Waals surface area contributed by atoms with Crippen LogP contribution in [0.25, 0.3) is 0 Å². The Kier molecular flexibility index (Phi) is 6.50. The van der Waals surface area contributed by atoms with Gasteiger partial charge >= 0.3 is 51.4 Å². The summed E-state index contributed by atoms with van der Waals surface area (Å²) in [5.74, 6) is -0.400. The van der Waals surface area contributed by atoms with Gasteiger partial charge < -0.3 is 4.55 Å². The summed E-state index contributed by atoms with van der Waals surface area (Å²) in [4.78, 5) is 11.1. The number of carbonyl (C=O) groups is 1. The maximum absolute atomic E-state index is 11.1. The molecule has 0 radical (unpaired) electrons. The van der Waals surface area contributed by atoms with Crippen molar-refractivity contribution in [1.29, 1.82) is 0 Å². The first-order valence-electron chi connectivity index (χ1n) is 3.99. The third kappa shape index (κ3) is 4.50. The van der Waals surface area contributed by atoms with E-state index in [1.165, 1.54) is 0 Å². The number of ketones is 1. The molecule has 6 heteroatoms. The van der Waals surface area contributed by atoms with Crippen LogP contribution < -0.4 is 51.4 Å². The van der Waals surface area contributed by atoms with E-state index in [0.717, 1.165) is 6.42 Å². The van der Waals surface area contributed by atoms with E-state index in [1.54, 1.807) is 0 Å². The second-order valence-corrected chi connectivity index (χ2v) is 4.60. The van der Waals surface area contributed by atoms with Gasteiger partial charge in [-0.2, -0.15) is 0 Å². The Labute approximate surface area is 121 Å². The van der Waals surface area contributed by atoms with E-state index >= 15 is 0 Å². The SMILES string of the molecule is O=C1CCCCCC1S(=O)(=O)[O-].[K+]. The first-order chi connectivity index (χ1) is 5.52. The van der Waals surface area contributed by atoms with Gasteiger partial charge in [0, 0.05) is 6.42 Å². The zero-order valence-electron chi connectivity index (χ0n) is 7.65. The van der Waals surface area contributed by atoms with Crippen LogP contribution >= 0.6 is 0 Å². The Bertz CT molecular complexity index is 272. The maximum atomic E-state index is 11.1. The summed E-state index contributed by atoms with van der Waals surface area (Å²) in [5, 5.41) is -1.26. The molecule has 0 heterocycles. The van der Waals surface area contributed by atoms with Crippen molar-refractivity contribution in [3.63, 3.8) is 0 Å². The Balaban J connectivity index is 0.00000144. The second kappa shape index (κ2) is 5.94. The van der Waals surface area contributed by atoms with E-state index in [-0.39, 0.29) is 64.2 Å². The molecule has 0 amide bonds. The van der Waals surface area contributed by atoms with Crippen LogP contribution in [0, 0.1) is 0 Å². The molecular weight excluding hydrogens is 219 g/mol. The normalized spacial score (nSPS) is 24.7. The van der Waals surface area contributed by atoms with Gasteiger partial charge in [-0.25, -0.2) is 8.42 Å². The molecule has 0 N–H and O–H groups in total. The summed E-state index contributed by atoms with van der Waals surface area (Å²) in [6, 6.07) is 0. The molecule has 13 heavy (non-hydrogen) atoms. The van der Waals surface area contributed by atoms with Gasteiger partial charge in [-0.3, -0.25) is 4.79 Å². The van der Waals surface area contributed by atoms with Gasteiger partial charge in [0.15, 0.2) is 0 Å². The van der Waals surface area contributed by atoms with Crippen LogP contribution in [0.2, 0.25) is 0 Å². The van der Waals surface area contributed by atoms with Crippen LogP contribution in [0.3, 0.4) is 0 Å². The van der Waals surface area contributed by atoms with Crippen molar-refractivity contribution < 1.29 is 69.1 Å². The number of hydrogen-bond acceptors (Lipinski definition) is 4. The summed E-state index contributed by atoms with van der Waals surface area (Å²) in [5.41, 5.74) is 0. The summed E-state index contributed by atoms with van der Waals surface area (Å²) < 4.78 is 31.7.